The van der Waals surface area contributed by atoms with E-state index in [4.69, 9.17) is 4.74 Å². The average molecular weight is 447 g/mol. The lowest BCUT2D eigenvalue weighted by molar-refractivity contribution is -0.139. The maximum atomic E-state index is 11.7. The Hall–Kier alpha value is -1.89. The van der Waals surface area contributed by atoms with Crippen LogP contribution >= 0.6 is 0 Å². The third-order valence-corrected chi connectivity index (χ3v) is 5.95. The molecule has 6 nitrogen and oxygen atoms in total. The molecular weight excluding hydrogens is 404 g/mol. The minimum absolute atomic E-state index is 0.192. The summed E-state index contributed by atoms with van der Waals surface area (Å²) in [5, 5.41) is 23.7. The number of carboxylic acid groups (broad SMARTS) is 1. The number of aliphatic carboxylic acids is 1. The number of nitrogens with one attached hydrogen (secondary N) is 2. The third kappa shape index (κ3) is 10.2. The van der Waals surface area contributed by atoms with Crippen LogP contribution in [-0.2, 0) is 16.0 Å². The number of ether oxygens (including phenoxy) is 1. The van der Waals surface area contributed by atoms with Gasteiger partial charge in [-0.25, -0.2) is 0 Å². The van der Waals surface area contributed by atoms with Crippen LogP contribution in [0.2, 0.25) is 0 Å². The highest BCUT2D eigenvalue weighted by atomic mass is 16.5. The summed E-state index contributed by atoms with van der Waals surface area (Å²) in [6, 6.07) is 7.08. The van der Waals surface area contributed by atoms with E-state index in [2.05, 4.69) is 17.2 Å². The van der Waals surface area contributed by atoms with Gasteiger partial charge >= 0.3 is 5.97 Å². The fourth-order valence-electron chi connectivity index (χ4n) is 4.02. The molecule has 2 aromatic rings. The number of para-hydroxylation sites is 1. The van der Waals surface area contributed by atoms with Crippen molar-refractivity contribution in [3.8, 4) is 0 Å². The van der Waals surface area contributed by atoms with E-state index in [0.29, 0.717) is 13.0 Å². The fourth-order valence-corrected chi connectivity index (χ4v) is 4.02. The number of aromatic amines is 1. The number of aliphatic hydroxyl groups is 1. The monoisotopic (exact) mass is 446 g/mol. The summed E-state index contributed by atoms with van der Waals surface area (Å²) in [5.74, 6) is -0.922. The zero-order valence-electron chi connectivity index (χ0n) is 19.7. The maximum absolute atomic E-state index is 11.7. The lowest BCUT2D eigenvalue weighted by atomic mass is 10.0. The highest BCUT2D eigenvalue weighted by Gasteiger charge is 2.20. The van der Waals surface area contributed by atoms with Crippen LogP contribution in [0.5, 0.6) is 0 Å². The number of carbonyl (C=O) groups is 1. The molecule has 0 aliphatic carbocycles. The van der Waals surface area contributed by atoms with Crippen molar-refractivity contribution in [1.82, 2.24) is 10.3 Å². The Morgan fingerprint density at radius 1 is 1.03 bits per heavy atom. The first-order valence-electron chi connectivity index (χ1n) is 12.4. The van der Waals surface area contributed by atoms with Gasteiger partial charge in [0.25, 0.3) is 0 Å². The summed E-state index contributed by atoms with van der Waals surface area (Å²) in [4.78, 5) is 14.8. The predicted molar refractivity (Wildman–Crippen MR) is 130 cm³/mol. The molecule has 0 saturated heterocycles. The molecule has 1 aromatic carbocycles. The van der Waals surface area contributed by atoms with E-state index in [-0.39, 0.29) is 13.2 Å². The summed E-state index contributed by atoms with van der Waals surface area (Å²) in [5.41, 5.74) is 1.94. The second-order valence-corrected chi connectivity index (χ2v) is 8.77. The Balaban J connectivity index is 1.53. The molecule has 0 aliphatic heterocycles. The number of aromatic nitrogens is 1. The first kappa shape index (κ1) is 26.4. The molecule has 2 atom stereocenters. The van der Waals surface area contributed by atoms with Crippen LogP contribution in [0, 0.1) is 0 Å². The molecule has 4 N–H and O–H groups in total. The second-order valence-electron chi connectivity index (χ2n) is 8.77. The summed E-state index contributed by atoms with van der Waals surface area (Å²) in [6.45, 7) is 3.31. The van der Waals surface area contributed by atoms with E-state index in [1.54, 1.807) is 0 Å². The molecule has 180 valence electrons. The number of H-pyrrole nitrogens is 1. The first-order valence-corrected chi connectivity index (χ1v) is 12.4. The van der Waals surface area contributed by atoms with Gasteiger partial charge in [0.2, 0.25) is 0 Å². The Morgan fingerprint density at radius 3 is 2.38 bits per heavy atom. The quantitative estimate of drug-likeness (QED) is 0.227. The smallest absolute Gasteiger partial charge is 0.321 e. The zero-order chi connectivity index (χ0) is 23.0. The normalized spacial score (nSPS) is 13.4. The van der Waals surface area contributed by atoms with Gasteiger partial charge in [-0.2, -0.15) is 0 Å². The lowest BCUT2D eigenvalue weighted by Gasteiger charge is -2.17. The number of fused-ring (bicyclic) bond motifs is 1. The number of rotatable bonds is 19. The van der Waals surface area contributed by atoms with Crippen LogP contribution < -0.4 is 5.32 Å². The Bertz CT molecular complexity index is 761. The molecule has 0 radical (unpaired) electrons. The Morgan fingerprint density at radius 2 is 1.69 bits per heavy atom. The van der Waals surface area contributed by atoms with Crippen LogP contribution in [0.15, 0.2) is 30.5 Å². The van der Waals surface area contributed by atoms with Crippen LogP contribution in [0.4, 0.5) is 0 Å². The van der Waals surface area contributed by atoms with Gasteiger partial charge in [0.05, 0.1) is 12.7 Å². The summed E-state index contributed by atoms with van der Waals surface area (Å²) < 4.78 is 5.58. The highest BCUT2D eigenvalue weighted by molar-refractivity contribution is 5.84. The van der Waals surface area contributed by atoms with Crippen molar-refractivity contribution in [2.24, 2.45) is 0 Å². The van der Waals surface area contributed by atoms with Crippen molar-refractivity contribution in [2.45, 2.75) is 89.7 Å². The van der Waals surface area contributed by atoms with Gasteiger partial charge in [0.15, 0.2) is 0 Å². The molecule has 0 spiro atoms. The highest BCUT2D eigenvalue weighted by Crippen LogP contribution is 2.19. The van der Waals surface area contributed by atoms with Crippen LogP contribution in [-0.4, -0.2) is 53.1 Å². The molecular formula is C26H42N2O4. The molecule has 32 heavy (non-hydrogen) atoms. The largest absolute Gasteiger partial charge is 0.480 e. The lowest BCUT2D eigenvalue weighted by Crippen LogP contribution is -2.43. The number of hydrogen-bond acceptors (Lipinski definition) is 4. The molecule has 0 saturated carbocycles. The summed E-state index contributed by atoms with van der Waals surface area (Å²) in [7, 11) is 0. The molecule has 0 amide bonds. The van der Waals surface area contributed by atoms with E-state index in [1.807, 2.05) is 30.5 Å². The van der Waals surface area contributed by atoms with Gasteiger partial charge in [-0.15, -0.1) is 0 Å². The molecule has 6 heteroatoms. The van der Waals surface area contributed by atoms with E-state index in [0.717, 1.165) is 29.3 Å². The van der Waals surface area contributed by atoms with E-state index < -0.39 is 18.1 Å². The second kappa shape index (κ2) is 15.8. The molecule has 1 aromatic heterocycles. The van der Waals surface area contributed by atoms with Gasteiger partial charge in [0, 0.05) is 36.7 Å². The molecule has 0 bridgehead atoms. The maximum Gasteiger partial charge on any atom is 0.321 e. The van der Waals surface area contributed by atoms with Crippen molar-refractivity contribution in [1.29, 1.82) is 0 Å². The van der Waals surface area contributed by atoms with Crippen LogP contribution in [0.25, 0.3) is 10.9 Å². The summed E-state index contributed by atoms with van der Waals surface area (Å²) >= 11 is 0. The van der Waals surface area contributed by atoms with Crippen molar-refractivity contribution in [3.63, 3.8) is 0 Å². The van der Waals surface area contributed by atoms with Gasteiger partial charge in [0.1, 0.15) is 6.04 Å². The first-order chi connectivity index (χ1) is 15.6. The molecule has 0 fully saturated rings. The van der Waals surface area contributed by atoms with Crippen molar-refractivity contribution < 1.29 is 19.7 Å². The van der Waals surface area contributed by atoms with Crippen molar-refractivity contribution in [3.05, 3.63) is 36.0 Å². The van der Waals surface area contributed by atoms with Gasteiger partial charge in [-0.1, -0.05) is 82.9 Å². The molecule has 0 aliphatic rings. The average Bonchev–Trinajstić information content (AvgIpc) is 3.20. The number of hydrogen-bond donors (Lipinski definition) is 4. The summed E-state index contributed by atoms with van der Waals surface area (Å²) in [6.07, 6.45) is 14.3. The molecule has 1 unspecified atom stereocenters. The number of aliphatic hydroxyl groups excluding tert-OH is 1. The molecule has 1 heterocycles. The standard InChI is InChI=1S/C26H42N2O4/c1-2-3-4-5-6-7-8-9-10-13-16-32-20-22(29)19-28-25(26(30)31)17-21-18-27-24-15-12-11-14-23(21)24/h11-12,14-15,18,22,25,27-29H,2-10,13,16-17,19-20H2,1H3,(H,30,31)/t22?,25-/m0/s1. The van der Waals surface area contributed by atoms with Crippen LogP contribution in [0.3, 0.4) is 0 Å². The Labute approximate surface area is 192 Å². The minimum Gasteiger partial charge on any atom is -0.480 e. The third-order valence-electron chi connectivity index (χ3n) is 5.95. The Kier molecular flexibility index (Phi) is 13.0. The van der Waals surface area contributed by atoms with Crippen molar-refractivity contribution in [2.75, 3.05) is 19.8 Å². The van der Waals surface area contributed by atoms with E-state index in [1.165, 1.54) is 51.4 Å². The molecule has 2 rings (SSSR count). The number of carboxylic acids is 1. The van der Waals surface area contributed by atoms with Gasteiger partial charge < -0.3 is 25.3 Å². The van der Waals surface area contributed by atoms with Crippen molar-refractivity contribution >= 4 is 16.9 Å². The number of benzene rings is 1. The minimum atomic E-state index is -0.922. The fraction of sp³-hybridized carbons (Fsp3) is 0.654. The van der Waals surface area contributed by atoms with Gasteiger partial charge in [-0.3, -0.25) is 4.79 Å². The van der Waals surface area contributed by atoms with Gasteiger partial charge in [-0.05, 0) is 18.1 Å². The SMILES string of the molecule is CCCCCCCCCCCCOCC(O)CN[C@@H](Cc1c[nH]c2ccccc12)C(=O)O. The van der Waals surface area contributed by atoms with E-state index >= 15 is 0 Å². The number of unbranched alkanes of at least 4 members (excludes halogenated alkanes) is 9. The van der Waals surface area contributed by atoms with Crippen LogP contribution in [0.1, 0.15) is 76.7 Å². The zero-order valence-corrected chi connectivity index (χ0v) is 19.7. The predicted octanol–water partition coefficient (Wildman–Crippen LogP) is 5.05. The van der Waals surface area contributed by atoms with E-state index in [9.17, 15) is 15.0 Å². The topological polar surface area (TPSA) is 94.6 Å².